The minimum Gasteiger partial charge on any atom is -0.383 e. The topological polar surface area (TPSA) is 43.8 Å². The predicted octanol–water partition coefficient (Wildman–Crippen LogP) is 3.23. The zero-order valence-electron chi connectivity index (χ0n) is 9.85. The van der Waals surface area contributed by atoms with Crippen molar-refractivity contribution in [2.24, 2.45) is 23.7 Å². The molecule has 17 heavy (non-hydrogen) atoms. The van der Waals surface area contributed by atoms with Gasteiger partial charge in [0, 0.05) is 0 Å². The number of nitrogens with two attached hydrogens (primary N) is 1. The first kappa shape index (κ1) is 10.4. The summed E-state index contributed by atoms with van der Waals surface area (Å²) >= 11 is 3.47. The van der Waals surface area contributed by atoms with Crippen molar-refractivity contribution in [3.8, 4) is 0 Å². The minimum absolute atomic E-state index is 0.578. The van der Waals surface area contributed by atoms with E-state index in [1.807, 2.05) is 6.20 Å². The summed E-state index contributed by atoms with van der Waals surface area (Å²) in [6.45, 7) is 0. The number of hydrogen-bond acceptors (Lipinski definition) is 2. The van der Waals surface area contributed by atoms with Crippen LogP contribution in [-0.2, 0) is 0 Å². The van der Waals surface area contributed by atoms with E-state index in [1.165, 1.54) is 32.1 Å². The van der Waals surface area contributed by atoms with Crippen LogP contribution in [0.25, 0.3) is 0 Å². The van der Waals surface area contributed by atoms with Gasteiger partial charge in [-0.15, -0.1) is 0 Å². The normalized spacial score (nSPS) is 43.2. The highest BCUT2D eigenvalue weighted by Crippen LogP contribution is 2.58. The molecule has 4 aliphatic carbocycles. The van der Waals surface area contributed by atoms with E-state index < -0.39 is 0 Å². The molecule has 0 atom stereocenters. The van der Waals surface area contributed by atoms with Crippen LogP contribution in [0.3, 0.4) is 0 Å². The lowest BCUT2D eigenvalue weighted by molar-refractivity contribution is -0.0327. The first-order chi connectivity index (χ1) is 8.22. The van der Waals surface area contributed by atoms with Crippen molar-refractivity contribution in [1.29, 1.82) is 0 Å². The van der Waals surface area contributed by atoms with Gasteiger partial charge in [0.1, 0.15) is 5.82 Å². The molecule has 0 saturated heterocycles. The Morgan fingerprint density at radius 1 is 1.12 bits per heavy atom. The monoisotopic (exact) mass is 295 g/mol. The molecule has 4 saturated carbocycles. The van der Waals surface area contributed by atoms with Gasteiger partial charge in [0.05, 0.1) is 16.7 Å². The summed E-state index contributed by atoms with van der Waals surface area (Å²) in [7, 11) is 0. The van der Waals surface area contributed by atoms with Crippen molar-refractivity contribution in [2.75, 3.05) is 5.73 Å². The molecule has 1 aromatic heterocycles. The highest BCUT2D eigenvalue weighted by Gasteiger charge is 2.49. The fraction of sp³-hybridized carbons (Fsp3) is 0.769. The molecule has 2 N–H and O–H groups in total. The standard InChI is InChI=1S/C13H18BrN3/c14-11-6-16-17(13(11)15)12-9-2-7-1-8(4-9)5-10(12)3-7/h6-10,12H,1-5,15H2. The Bertz CT molecular complexity index is 426. The summed E-state index contributed by atoms with van der Waals surface area (Å²) in [5.74, 6) is 4.51. The summed E-state index contributed by atoms with van der Waals surface area (Å²) in [6.07, 6.45) is 8.99. The van der Waals surface area contributed by atoms with Crippen molar-refractivity contribution < 1.29 is 0 Å². The number of halogens is 1. The lowest BCUT2D eigenvalue weighted by Gasteiger charge is -2.54. The number of nitrogens with zero attached hydrogens (tertiary/aromatic N) is 2. The Hall–Kier alpha value is -0.510. The third-order valence-corrected chi connectivity index (χ3v) is 5.86. The van der Waals surface area contributed by atoms with Crippen LogP contribution in [0.2, 0.25) is 0 Å². The average molecular weight is 296 g/mol. The second kappa shape index (κ2) is 3.50. The lowest BCUT2D eigenvalue weighted by Crippen LogP contribution is -2.46. The molecule has 3 nitrogen and oxygen atoms in total. The van der Waals surface area contributed by atoms with E-state index in [4.69, 9.17) is 5.73 Å². The molecule has 0 amide bonds. The first-order valence-electron chi connectivity index (χ1n) is 6.71. The molecule has 4 fully saturated rings. The maximum Gasteiger partial charge on any atom is 0.136 e. The summed E-state index contributed by atoms with van der Waals surface area (Å²) in [5, 5.41) is 4.51. The van der Waals surface area contributed by atoms with Crippen molar-refractivity contribution in [3.63, 3.8) is 0 Å². The number of rotatable bonds is 1. The van der Waals surface area contributed by atoms with Crippen molar-refractivity contribution in [3.05, 3.63) is 10.7 Å². The van der Waals surface area contributed by atoms with Crippen LogP contribution in [0, 0.1) is 23.7 Å². The molecule has 4 heteroatoms. The highest BCUT2D eigenvalue weighted by molar-refractivity contribution is 9.10. The lowest BCUT2D eigenvalue weighted by atomic mass is 9.54. The molecule has 4 aliphatic rings. The first-order valence-corrected chi connectivity index (χ1v) is 7.50. The van der Waals surface area contributed by atoms with Crippen molar-refractivity contribution in [1.82, 2.24) is 9.78 Å². The molecule has 0 unspecified atom stereocenters. The molecule has 4 bridgehead atoms. The van der Waals surface area contributed by atoms with E-state index in [-0.39, 0.29) is 0 Å². The summed E-state index contributed by atoms with van der Waals surface area (Å²) in [4.78, 5) is 0. The van der Waals surface area contributed by atoms with E-state index in [1.54, 1.807) is 0 Å². The van der Waals surface area contributed by atoms with E-state index in [0.717, 1.165) is 34.0 Å². The fourth-order valence-corrected chi connectivity index (χ4v) is 5.16. The van der Waals surface area contributed by atoms with Crippen LogP contribution in [0.4, 0.5) is 5.82 Å². The van der Waals surface area contributed by atoms with Gasteiger partial charge in [0.2, 0.25) is 0 Å². The van der Waals surface area contributed by atoms with Gasteiger partial charge in [-0.25, -0.2) is 4.68 Å². The van der Waals surface area contributed by atoms with Gasteiger partial charge in [0.15, 0.2) is 0 Å². The fourth-order valence-electron chi connectivity index (χ4n) is 4.88. The van der Waals surface area contributed by atoms with Gasteiger partial charge in [-0.1, -0.05) is 0 Å². The summed E-state index contributed by atoms with van der Waals surface area (Å²) in [6, 6.07) is 0.578. The zero-order valence-corrected chi connectivity index (χ0v) is 11.4. The SMILES string of the molecule is Nc1c(Br)cnn1C1C2CC3CC(C2)CC1C3. The van der Waals surface area contributed by atoms with Crippen LogP contribution in [0.1, 0.15) is 38.1 Å². The van der Waals surface area contributed by atoms with Crippen LogP contribution in [0.5, 0.6) is 0 Å². The third kappa shape index (κ3) is 1.42. The van der Waals surface area contributed by atoms with Crippen LogP contribution >= 0.6 is 15.9 Å². The van der Waals surface area contributed by atoms with Gasteiger partial charge in [-0.3, -0.25) is 0 Å². The van der Waals surface area contributed by atoms with Crippen LogP contribution < -0.4 is 5.73 Å². The summed E-state index contributed by atoms with van der Waals surface area (Å²) in [5.41, 5.74) is 6.14. The van der Waals surface area contributed by atoms with Gasteiger partial charge in [-0.05, 0) is 71.7 Å². The highest BCUT2D eigenvalue weighted by atomic mass is 79.9. The average Bonchev–Trinajstić information content (AvgIpc) is 2.60. The van der Waals surface area contributed by atoms with Crippen LogP contribution in [0.15, 0.2) is 10.7 Å². The zero-order chi connectivity index (χ0) is 11.6. The van der Waals surface area contributed by atoms with E-state index >= 15 is 0 Å². The molecule has 0 aromatic carbocycles. The van der Waals surface area contributed by atoms with Gasteiger partial charge in [-0.2, -0.15) is 5.10 Å². The Labute approximate surface area is 110 Å². The Morgan fingerprint density at radius 2 is 1.71 bits per heavy atom. The second-order valence-corrected chi connectivity index (χ2v) is 7.10. The Kier molecular flexibility index (Phi) is 2.14. The molecule has 92 valence electrons. The summed E-state index contributed by atoms with van der Waals surface area (Å²) < 4.78 is 3.06. The Balaban J connectivity index is 1.73. The molecule has 1 aromatic rings. The largest absolute Gasteiger partial charge is 0.383 e. The van der Waals surface area contributed by atoms with E-state index in [2.05, 4.69) is 25.7 Å². The molecular weight excluding hydrogens is 278 g/mol. The predicted molar refractivity (Wildman–Crippen MR) is 70.4 cm³/mol. The second-order valence-electron chi connectivity index (χ2n) is 6.24. The molecule has 5 rings (SSSR count). The number of aromatic nitrogens is 2. The van der Waals surface area contributed by atoms with Gasteiger partial charge < -0.3 is 5.73 Å². The molecule has 0 spiro atoms. The van der Waals surface area contributed by atoms with Crippen molar-refractivity contribution in [2.45, 2.75) is 38.1 Å². The van der Waals surface area contributed by atoms with E-state index in [0.29, 0.717) is 6.04 Å². The molecular formula is C13H18BrN3. The van der Waals surface area contributed by atoms with Gasteiger partial charge >= 0.3 is 0 Å². The molecule has 0 radical (unpaired) electrons. The maximum absolute atomic E-state index is 6.14. The maximum atomic E-state index is 6.14. The number of nitrogen functional groups attached to an aromatic ring is 1. The van der Waals surface area contributed by atoms with Gasteiger partial charge in [0.25, 0.3) is 0 Å². The smallest absolute Gasteiger partial charge is 0.136 e. The van der Waals surface area contributed by atoms with Crippen molar-refractivity contribution >= 4 is 21.7 Å². The third-order valence-electron chi connectivity index (χ3n) is 5.25. The number of hydrogen-bond donors (Lipinski definition) is 1. The van der Waals surface area contributed by atoms with E-state index in [9.17, 15) is 0 Å². The minimum atomic E-state index is 0.578. The number of anilines is 1. The molecule has 1 heterocycles. The Morgan fingerprint density at radius 3 is 2.18 bits per heavy atom. The quantitative estimate of drug-likeness (QED) is 0.864. The molecule has 0 aliphatic heterocycles. The van der Waals surface area contributed by atoms with Crippen LogP contribution in [-0.4, -0.2) is 9.78 Å².